The van der Waals surface area contributed by atoms with Gasteiger partial charge in [-0.1, -0.05) is 19.9 Å². The van der Waals surface area contributed by atoms with Gasteiger partial charge in [0, 0.05) is 37.9 Å². The number of rotatable bonds is 6. The van der Waals surface area contributed by atoms with Gasteiger partial charge in [-0.05, 0) is 44.5 Å². The van der Waals surface area contributed by atoms with E-state index in [2.05, 4.69) is 26.0 Å². The van der Waals surface area contributed by atoms with Crippen LogP contribution in [0.2, 0.25) is 0 Å². The van der Waals surface area contributed by atoms with E-state index in [-0.39, 0.29) is 18.3 Å². The maximum absolute atomic E-state index is 6.53. The Kier molecular flexibility index (Phi) is 7.53. The Morgan fingerprint density at radius 3 is 2.69 bits per heavy atom. The Morgan fingerprint density at radius 2 is 1.90 bits per heavy atom. The fourth-order valence-corrected chi connectivity index (χ4v) is 5.00. The Bertz CT molecular complexity index is 1480. The highest BCUT2D eigenvalue weighted by Crippen LogP contribution is 2.44. The minimum Gasteiger partial charge on any atom is -0.490 e. The first-order valence-electron chi connectivity index (χ1n) is 13.3. The zero-order chi connectivity index (χ0) is 27.7. The maximum Gasteiger partial charge on any atom is 0.166 e. The first kappa shape index (κ1) is 27.0. The molecule has 2 aliphatic heterocycles. The van der Waals surface area contributed by atoms with E-state index in [4.69, 9.17) is 18.9 Å². The van der Waals surface area contributed by atoms with Crippen LogP contribution in [0.1, 0.15) is 39.5 Å². The number of aliphatic imine (C=N–C) groups is 1. The predicted molar refractivity (Wildman–Crippen MR) is 150 cm³/mol. The summed E-state index contributed by atoms with van der Waals surface area (Å²) >= 11 is 0. The Hall–Kier alpha value is -3.60. The minimum atomic E-state index is -0.739. The third-order valence-electron chi connectivity index (χ3n) is 6.60. The Balaban J connectivity index is 0.00000151. The van der Waals surface area contributed by atoms with Crippen LogP contribution in [0.15, 0.2) is 54.0 Å². The monoisotopic (exact) mass is 532 g/mol. The molecule has 0 saturated carbocycles. The van der Waals surface area contributed by atoms with Crippen LogP contribution in [0.4, 0.5) is 5.82 Å². The van der Waals surface area contributed by atoms with Gasteiger partial charge >= 0.3 is 0 Å². The van der Waals surface area contributed by atoms with Crippen LogP contribution < -0.4 is 4.74 Å². The van der Waals surface area contributed by atoms with Gasteiger partial charge in [-0.2, -0.15) is 0 Å². The third kappa shape index (κ3) is 5.32. The molecular formula is C29H36N6O4. The highest BCUT2D eigenvalue weighted by Gasteiger charge is 2.56. The molecule has 39 heavy (non-hydrogen) atoms. The molecule has 10 heteroatoms. The molecule has 0 aliphatic carbocycles. The lowest BCUT2D eigenvalue weighted by Gasteiger charge is -2.25. The van der Waals surface area contributed by atoms with E-state index in [0.29, 0.717) is 12.4 Å². The third-order valence-corrected chi connectivity index (χ3v) is 6.60. The average molecular weight is 533 g/mol. The van der Waals surface area contributed by atoms with Gasteiger partial charge in [-0.3, -0.25) is 4.98 Å². The van der Waals surface area contributed by atoms with Crippen LogP contribution in [-0.2, 0) is 14.2 Å². The van der Waals surface area contributed by atoms with Crippen LogP contribution in [-0.4, -0.2) is 75.6 Å². The number of aromatic nitrogens is 4. The van der Waals surface area contributed by atoms with Gasteiger partial charge in [0.1, 0.15) is 42.6 Å². The molecule has 0 N–H and O–H groups in total. The van der Waals surface area contributed by atoms with Gasteiger partial charge < -0.3 is 28.4 Å². The lowest BCUT2D eigenvalue weighted by Crippen LogP contribution is -2.34. The molecule has 0 radical (unpaired) electrons. The van der Waals surface area contributed by atoms with Crippen LogP contribution in [0.3, 0.4) is 0 Å². The topological polar surface area (TPSA) is 96.1 Å². The molecule has 2 aliphatic rings. The van der Waals surface area contributed by atoms with Gasteiger partial charge in [0.2, 0.25) is 0 Å². The van der Waals surface area contributed by atoms with Gasteiger partial charge in [0.15, 0.2) is 17.8 Å². The molecule has 6 rings (SSSR count). The molecule has 0 spiro atoms. The molecule has 206 valence electrons. The zero-order valence-electron chi connectivity index (χ0n) is 23.5. The van der Waals surface area contributed by atoms with Crippen molar-refractivity contribution in [2.45, 2.75) is 64.9 Å². The van der Waals surface area contributed by atoms with Crippen LogP contribution in [0, 0.1) is 6.92 Å². The number of hydrogen-bond donors (Lipinski definition) is 0. The van der Waals surface area contributed by atoms with E-state index in [9.17, 15) is 0 Å². The zero-order valence-corrected chi connectivity index (χ0v) is 23.5. The Morgan fingerprint density at radius 1 is 1.10 bits per heavy atom. The average Bonchev–Trinajstić information content (AvgIpc) is 3.58. The standard InChI is InChI=1S/C27H30N6O4.C2H6/c1-16-11-17-7-6-9-28-19(17)12-20(16)34-13-21-22-23(37-27(2,3)36-22)26(35-21)33-10-8-18-24(31-15-32(4)5)29-14-30-25(18)33;1-2/h6-12,14-15,21-23,26H,13H2,1-5H3;1-2H3/b31-15+;/t21-,22-,23-,26?;/m1./s1. The largest absolute Gasteiger partial charge is 0.490 e. The molecular weight excluding hydrogens is 496 g/mol. The molecule has 5 heterocycles. The highest BCUT2D eigenvalue weighted by atomic mass is 16.8. The lowest BCUT2D eigenvalue weighted by molar-refractivity contribution is -0.198. The van der Waals surface area contributed by atoms with E-state index in [1.165, 1.54) is 6.33 Å². The summed E-state index contributed by atoms with van der Waals surface area (Å²) < 4.78 is 27.4. The number of nitrogens with zero attached hydrogens (tertiary/aromatic N) is 6. The number of hydrogen-bond acceptors (Lipinski definition) is 8. The van der Waals surface area contributed by atoms with E-state index in [0.717, 1.165) is 33.2 Å². The summed E-state index contributed by atoms with van der Waals surface area (Å²) in [5, 5.41) is 1.91. The normalized spacial score (nSPS) is 23.7. The van der Waals surface area contributed by atoms with Crippen molar-refractivity contribution >= 4 is 34.1 Å². The smallest absolute Gasteiger partial charge is 0.166 e. The van der Waals surface area contributed by atoms with Crippen molar-refractivity contribution in [3.63, 3.8) is 0 Å². The summed E-state index contributed by atoms with van der Waals surface area (Å²) in [6.07, 6.45) is 5.53. The number of ether oxygens (including phenoxy) is 4. The van der Waals surface area contributed by atoms with Crippen molar-refractivity contribution < 1.29 is 18.9 Å². The van der Waals surface area contributed by atoms with Crippen molar-refractivity contribution in [2.75, 3.05) is 20.7 Å². The lowest BCUT2D eigenvalue weighted by atomic mass is 10.1. The van der Waals surface area contributed by atoms with Gasteiger partial charge in [-0.15, -0.1) is 0 Å². The second kappa shape index (κ2) is 10.9. The van der Waals surface area contributed by atoms with Crippen molar-refractivity contribution in [1.82, 2.24) is 24.4 Å². The summed E-state index contributed by atoms with van der Waals surface area (Å²) in [7, 11) is 3.83. The molecule has 2 saturated heterocycles. The quantitative estimate of drug-likeness (QED) is 0.252. The molecule has 3 aromatic heterocycles. The fourth-order valence-electron chi connectivity index (χ4n) is 5.00. The molecule has 10 nitrogen and oxygen atoms in total. The first-order chi connectivity index (χ1) is 18.8. The number of pyridine rings is 1. The maximum atomic E-state index is 6.53. The van der Waals surface area contributed by atoms with Crippen molar-refractivity contribution in [1.29, 1.82) is 0 Å². The van der Waals surface area contributed by atoms with Gasteiger partial charge in [-0.25, -0.2) is 15.0 Å². The van der Waals surface area contributed by atoms with Crippen LogP contribution >= 0.6 is 0 Å². The highest BCUT2D eigenvalue weighted by molar-refractivity contribution is 5.87. The minimum absolute atomic E-state index is 0.301. The molecule has 0 bridgehead atoms. The van der Waals surface area contributed by atoms with E-state index in [1.807, 2.05) is 88.6 Å². The van der Waals surface area contributed by atoms with Crippen molar-refractivity contribution in [3.05, 3.63) is 54.6 Å². The second-order valence-electron chi connectivity index (χ2n) is 10.1. The summed E-state index contributed by atoms with van der Waals surface area (Å²) in [5.41, 5.74) is 2.64. The molecule has 1 aromatic carbocycles. The van der Waals surface area contributed by atoms with E-state index < -0.39 is 12.0 Å². The SMILES string of the molecule is CC.Cc1cc2cccnc2cc1OC[C@H]1OC(n2ccc3c(/N=C/N(C)C)ncnc32)[C@@H]2OC(C)(C)O[C@H]12. The summed E-state index contributed by atoms with van der Waals surface area (Å²) in [4.78, 5) is 19.7. The van der Waals surface area contributed by atoms with E-state index in [1.54, 1.807) is 12.5 Å². The van der Waals surface area contributed by atoms with Crippen molar-refractivity contribution in [2.24, 2.45) is 4.99 Å². The molecule has 4 aromatic rings. The van der Waals surface area contributed by atoms with Gasteiger partial charge in [0.25, 0.3) is 0 Å². The number of fused-ring (bicyclic) bond motifs is 3. The van der Waals surface area contributed by atoms with Gasteiger partial charge in [0.05, 0.1) is 17.2 Å². The Labute approximate surface area is 228 Å². The summed E-state index contributed by atoms with van der Waals surface area (Å²) in [6, 6.07) is 9.98. The van der Waals surface area contributed by atoms with Crippen LogP contribution in [0.5, 0.6) is 5.75 Å². The first-order valence-corrected chi connectivity index (χ1v) is 13.3. The second-order valence-corrected chi connectivity index (χ2v) is 10.1. The molecule has 2 fully saturated rings. The predicted octanol–water partition coefficient (Wildman–Crippen LogP) is 5.03. The number of aryl methyl sites for hydroxylation is 1. The molecule has 1 unspecified atom stereocenters. The summed E-state index contributed by atoms with van der Waals surface area (Å²) in [6.45, 7) is 10.2. The number of benzene rings is 1. The fraction of sp³-hybridized carbons (Fsp3) is 0.448. The van der Waals surface area contributed by atoms with E-state index >= 15 is 0 Å². The van der Waals surface area contributed by atoms with Crippen LogP contribution in [0.25, 0.3) is 21.9 Å². The molecule has 0 amide bonds. The molecule has 4 atom stereocenters. The summed E-state index contributed by atoms with van der Waals surface area (Å²) in [5.74, 6) is 0.629. The van der Waals surface area contributed by atoms with Crippen molar-refractivity contribution in [3.8, 4) is 5.75 Å².